The third-order valence-electron chi connectivity index (χ3n) is 5.11. The zero-order valence-electron chi connectivity index (χ0n) is 17.4. The smallest absolute Gasteiger partial charge is 0.254 e. The molecular formula is C23H24N4O3S. The Morgan fingerprint density at radius 1 is 1.03 bits per heavy atom. The van der Waals surface area contributed by atoms with Crippen molar-refractivity contribution in [2.75, 3.05) is 26.2 Å². The third kappa shape index (κ3) is 5.46. The van der Waals surface area contributed by atoms with E-state index in [9.17, 15) is 9.59 Å². The lowest BCUT2D eigenvalue weighted by atomic mass is 10.1. The third-order valence-corrected chi connectivity index (χ3v) is 5.93. The van der Waals surface area contributed by atoms with Crippen molar-refractivity contribution in [2.24, 2.45) is 0 Å². The Morgan fingerprint density at radius 3 is 2.55 bits per heavy atom. The molecule has 1 aromatic carbocycles. The number of ether oxygens (including phenoxy) is 1. The van der Waals surface area contributed by atoms with Gasteiger partial charge in [0.25, 0.3) is 5.91 Å². The van der Waals surface area contributed by atoms with Crippen molar-refractivity contribution in [3.8, 4) is 5.75 Å². The van der Waals surface area contributed by atoms with E-state index in [1.807, 2.05) is 42.6 Å². The molecule has 1 aliphatic heterocycles. The lowest BCUT2D eigenvalue weighted by Crippen LogP contribution is -2.51. The van der Waals surface area contributed by atoms with Gasteiger partial charge in [0.2, 0.25) is 5.91 Å². The van der Waals surface area contributed by atoms with Gasteiger partial charge in [-0.15, -0.1) is 11.3 Å². The van der Waals surface area contributed by atoms with Crippen LogP contribution < -0.4 is 4.74 Å². The molecule has 1 aliphatic rings. The molecule has 0 saturated carbocycles. The SMILES string of the molecule is Cc1nc(COc2cccc(C(=O)N3CCN(C(=O)Cc4ccccn4)CC3)c2)cs1. The number of carbonyl (C=O) groups is 2. The molecular weight excluding hydrogens is 412 g/mol. The number of pyridine rings is 1. The number of thiazole rings is 1. The molecule has 3 aromatic rings. The molecule has 160 valence electrons. The van der Waals surface area contributed by atoms with Crippen LogP contribution in [0.25, 0.3) is 0 Å². The zero-order chi connectivity index (χ0) is 21.6. The van der Waals surface area contributed by atoms with Gasteiger partial charge in [0.15, 0.2) is 0 Å². The summed E-state index contributed by atoms with van der Waals surface area (Å²) in [6, 6.07) is 12.8. The van der Waals surface area contributed by atoms with Crippen molar-refractivity contribution in [1.29, 1.82) is 0 Å². The Hall–Kier alpha value is -3.26. The van der Waals surface area contributed by atoms with E-state index >= 15 is 0 Å². The molecule has 3 heterocycles. The molecule has 4 rings (SSSR count). The van der Waals surface area contributed by atoms with Crippen LogP contribution in [0.15, 0.2) is 54.0 Å². The standard InChI is InChI=1S/C23H24N4O3S/c1-17-25-20(16-31-17)15-30-21-7-4-5-18(13-21)23(29)27-11-9-26(10-12-27)22(28)14-19-6-2-3-8-24-19/h2-8,13,16H,9-12,14-15H2,1H3. The predicted octanol–water partition coefficient (Wildman–Crippen LogP) is 2.95. The molecule has 2 amide bonds. The quantitative estimate of drug-likeness (QED) is 0.594. The summed E-state index contributed by atoms with van der Waals surface area (Å²) in [4.78, 5) is 37.6. The number of nitrogens with zero attached hydrogens (tertiary/aromatic N) is 4. The fourth-order valence-corrected chi connectivity index (χ4v) is 4.06. The van der Waals surface area contributed by atoms with Gasteiger partial charge in [0.05, 0.1) is 17.1 Å². The second-order valence-corrected chi connectivity index (χ2v) is 8.41. The van der Waals surface area contributed by atoms with Crippen LogP contribution in [0.4, 0.5) is 0 Å². The average molecular weight is 437 g/mol. The van der Waals surface area contributed by atoms with Crippen LogP contribution in [0.1, 0.15) is 26.8 Å². The van der Waals surface area contributed by atoms with E-state index in [1.54, 1.807) is 39.5 Å². The number of hydrogen-bond donors (Lipinski definition) is 0. The second-order valence-electron chi connectivity index (χ2n) is 7.35. The number of hydrogen-bond acceptors (Lipinski definition) is 6. The zero-order valence-corrected chi connectivity index (χ0v) is 18.2. The second kappa shape index (κ2) is 9.70. The predicted molar refractivity (Wildman–Crippen MR) is 118 cm³/mol. The van der Waals surface area contributed by atoms with Crippen molar-refractivity contribution in [3.63, 3.8) is 0 Å². The van der Waals surface area contributed by atoms with Gasteiger partial charge in [-0.1, -0.05) is 12.1 Å². The first kappa shape index (κ1) is 21.0. The number of carbonyl (C=O) groups excluding carboxylic acids is 2. The van der Waals surface area contributed by atoms with E-state index in [1.165, 1.54) is 0 Å². The lowest BCUT2D eigenvalue weighted by Gasteiger charge is -2.35. The Labute approximate surface area is 185 Å². The van der Waals surface area contributed by atoms with Crippen LogP contribution in [0.5, 0.6) is 5.75 Å². The van der Waals surface area contributed by atoms with Crippen molar-refractivity contribution in [3.05, 3.63) is 76.0 Å². The lowest BCUT2D eigenvalue weighted by molar-refractivity contribution is -0.132. The molecule has 0 aliphatic carbocycles. The summed E-state index contributed by atoms with van der Waals surface area (Å²) in [6.07, 6.45) is 1.97. The van der Waals surface area contributed by atoms with Crippen LogP contribution in [-0.4, -0.2) is 57.8 Å². The van der Waals surface area contributed by atoms with Crippen LogP contribution in [-0.2, 0) is 17.8 Å². The normalized spacial score (nSPS) is 13.8. The Bertz CT molecular complexity index is 1050. The maximum Gasteiger partial charge on any atom is 0.254 e. The number of aryl methyl sites for hydroxylation is 1. The minimum absolute atomic E-state index is 0.0403. The molecule has 1 fully saturated rings. The van der Waals surface area contributed by atoms with Crippen molar-refractivity contribution < 1.29 is 14.3 Å². The first-order valence-electron chi connectivity index (χ1n) is 10.2. The monoisotopic (exact) mass is 436 g/mol. The number of rotatable bonds is 6. The van der Waals surface area contributed by atoms with Gasteiger partial charge < -0.3 is 14.5 Å². The van der Waals surface area contributed by atoms with Gasteiger partial charge in [-0.2, -0.15) is 0 Å². The summed E-state index contributed by atoms with van der Waals surface area (Å²) in [6.45, 7) is 4.40. The highest BCUT2D eigenvalue weighted by Crippen LogP contribution is 2.18. The average Bonchev–Trinajstić information content (AvgIpc) is 3.23. The fraction of sp³-hybridized carbons (Fsp3) is 0.304. The molecule has 0 unspecified atom stereocenters. The molecule has 8 heteroatoms. The summed E-state index contributed by atoms with van der Waals surface area (Å²) in [5.74, 6) is 0.630. The summed E-state index contributed by atoms with van der Waals surface area (Å²) in [5, 5.41) is 2.97. The highest BCUT2D eigenvalue weighted by molar-refractivity contribution is 7.09. The van der Waals surface area contributed by atoms with Crippen LogP contribution in [0.3, 0.4) is 0 Å². The topological polar surface area (TPSA) is 75.6 Å². The first-order valence-corrected chi connectivity index (χ1v) is 11.1. The molecule has 0 bridgehead atoms. The Morgan fingerprint density at radius 2 is 1.84 bits per heavy atom. The Kier molecular flexibility index (Phi) is 6.57. The molecule has 0 spiro atoms. The van der Waals surface area contributed by atoms with Gasteiger partial charge in [0, 0.05) is 49.0 Å². The van der Waals surface area contributed by atoms with Gasteiger partial charge >= 0.3 is 0 Å². The number of aromatic nitrogens is 2. The summed E-state index contributed by atoms with van der Waals surface area (Å²) in [5.41, 5.74) is 2.22. The van der Waals surface area contributed by atoms with Crippen LogP contribution in [0.2, 0.25) is 0 Å². The van der Waals surface area contributed by atoms with Gasteiger partial charge in [-0.05, 0) is 37.3 Å². The van der Waals surface area contributed by atoms with Crippen LogP contribution >= 0.6 is 11.3 Å². The summed E-state index contributed by atoms with van der Waals surface area (Å²) >= 11 is 1.59. The molecule has 31 heavy (non-hydrogen) atoms. The van der Waals surface area contributed by atoms with E-state index in [2.05, 4.69) is 9.97 Å². The highest BCUT2D eigenvalue weighted by Gasteiger charge is 2.25. The summed E-state index contributed by atoms with van der Waals surface area (Å²) in [7, 11) is 0. The molecule has 0 N–H and O–H groups in total. The Balaban J connectivity index is 1.30. The van der Waals surface area contributed by atoms with E-state index in [4.69, 9.17) is 4.74 Å². The van der Waals surface area contributed by atoms with Crippen molar-refractivity contribution >= 4 is 23.2 Å². The molecule has 0 radical (unpaired) electrons. The molecule has 7 nitrogen and oxygen atoms in total. The number of benzene rings is 1. The van der Waals surface area contributed by atoms with Crippen LogP contribution in [0, 0.1) is 6.92 Å². The maximum atomic E-state index is 12.9. The minimum atomic E-state index is -0.0493. The maximum absolute atomic E-state index is 12.9. The van der Waals surface area contributed by atoms with Gasteiger partial charge in [-0.25, -0.2) is 4.98 Å². The van der Waals surface area contributed by atoms with Crippen molar-refractivity contribution in [2.45, 2.75) is 20.0 Å². The van der Waals surface area contributed by atoms with E-state index < -0.39 is 0 Å². The largest absolute Gasteiger partial charge is 0.487 e. The van der Waals surface area contributed by atoms with E-state index in [0.717, 1.165) is 16.4 Å². The molecule has 2 aromatic heterocycles. The molecule has 1 saturated heterocycles. The minimum Gasteiger partial charge on any atom is -0.487 e. The van der Waals surface area contributed by atoms with E-state index in [0.29, 0.717) is 44.1 Å². The number of amides is 2. The molecule has 0 atom stereocenters. The van der Waals surface area contributed by atoms with Gasteiger partial charge in [0.1, 0.15) is 12.4 Å². The van der Waals surface area contributed by atoms with Crippen molar-refractivity contribution in [1.82, 2.24) is 19.8 Å². The fourth-order valence-electron chi connectivity index (χ4n) is 3.46. The van der Waals surface area contributed by atoms with E-state index in [-0.39, 0.29) is 18.2 Å². The summed E-state index contributed by atoms with van der Waals surface area (Å²) < 4.78 is 5.80. The first-order chi connectivity index (χ1) is 15.1. The van der Waals surface area contributed by atoms with Gasteiger partial charge in [-0.3, -0.25) is 14.6 Å². The number of piperazine rings is 1. The highest BCUT2D eigenvalue weighted by atomic mass is 32.1.